The van der Waals surface area contributed by atoms with Gasteiger partial charge in [-0.2, -0.15) is 0 Å². The van der Waals surface area contributed by atoms with Gasteiger partial charge >= 0.3 is 0 Å². The maximum Gasteiger partial charge on any atom is 0.139 e. The molecule has 4 nitrogen and oxygen atoms in total. The average Bonchev–Trinajstić information content (AvgIpc) is 2.39. The Hall–Kier alpha value is -1.69. The van der Waals surface area contributed by atoms with Crippen LogP contribution in [0.2, 0.25) is 0 Å². The molecule has 0 bridgehead atoms. The summed E-state index contributed by atoms with van der Waals surface area (Å²) in [5, 5.41) is 6.27. The first kappa shape index (κ1) is 14.7. The Labute approximate surface area is 126 Å². The third-order valence-corrected chi connectivity index (χ3v) is 3.62. The van der Waals surface area contributed by atoms with E-state index in [9.17, 15) is 4.39 Å². The van der Waals surface area contributed by atoms with Crippen LogP contribution in [0.15, 0.2) is 16.6 Å². The number of halogens is 2. The second kappa shape index (κ2) is 5.75. The fourth-order valence-corrected chi connectivity index (χ4v) is 2.25. The molecule has 0 fully saturated rings. The summed E-state index contributed by atoms with van der Waals surface area (Å²) in [6.45, 7) is 5.61. The van der Waals surface area contributed by atoms with Crippen LogP contribution >= 0.6 is 15.9 Å². The smallest absolute Gasteiger partial charge is 0.139 e. The molecular weight excluding hydrogens is 323 g/mol. The van der Waals surface area contributed by atoms with Gasteiger partial charge in [0.1, 0.15) is 23.3 Å². The molecule has 0 atom stereocenters. The zero-order chi connectivity index (χ0) is 14.9. The molecule has 2 rings (SSSR count). The van der Waals surface area contributed by atoms with Crippen LogP contribution in [0.4, 0.5) is 21.7 Å². The standard InChI is InChI=1S/C14H16BrFN4/c1-7-5-11(16)10(15)6-12(7)20-14-8(2)13(17-4)18-9(3)19-14/h5-6H,1-4H3,(H2,17,18,19,20). The number of aromatic nitrogens is 2. The van der Waals surface area contributed by atoms with Gasteiger partial charge in [-0.3, -0.25) is 0 Å². The summed E-state index contributed by atoms with van der Waals surface area (Å²) in [6.07, 6.45) is 0. The van der Waals surface area contributed by atoms with Crippen LogP contribution in [-0.4, -0.2) is 17.0 Å². The minimum Gasteiger partial charge on any atom is -0.373 e. The number of nitrogens with one attached hydrogen (secondary N) is 2. The lowest BCUT2D eigenvalue weighted by molar-refractivity contribution is 0.620. The fraction of sp³-hybridized carbons (Fsp3) is 0.286. The van der Waals surface area contributed by atoms with Gasteiger partial charge in [0.25, 0.3) is 0 Å². The van der Waals surface area contributed by atoms with Crippen LogP contribution in [0.1, 0.15) is 17.0 Å². The Kier molecular flexibility index (Phi) is 4.23. The van der Waals surface area contributed by atoms with E-state index in [-0.39, 0.29) is 5.82 Å². The zero-order valence-corrected chi connectivity index (χ0v) is 13.4. The zero-order valence-electron chi connectivity index (χ0n) is 11.8. The largest absolute Gasteiger partial charge is 0.373 e. The monoisotopic (exact) mass is 338 g/mol. The highest BCUT2D eigenvalue weighted by Crippen LogP contribution is 2.29. The van der Waals surface area contributed by atoms with Crippen LogP contribution in [0.3, 0.4) is 0 Å². The van der Waals surface area contributed by atoms with Crippen molar-refractivity contribution in [3.05, 3.63) is 39.4 Å². The second-order valence-corrected chi connectivity index (χ2v) is 5.40. The summed E-state index contributed by atoms with van der Waals surface area (Å²) in [5.41, 5.74) is 2.53. The normalized spacial score (nSPS) is 10.5. The molecule has 0 spiro atoms. The third-order valence-electron chi connectivity index (χ3n) is 3.01. The van der Waals surface area contributed by atoms with E-state index in [1.807, 2.05) is 27.8 Å². The van der Waals surface area contributed by atoms with Crippen molar-refractivity contribution in [2.24, 2.45) is 0 Å². The molecule has 0 aliphatic heterocycles. The molecule has 0 saturated carbocycles. The van der Waals surface area contributed by atoms with Crippen molar-refractivity contribution in [2.75, 3.05) is 17.7 Å². The van der Waals surface area contributed by atoms with Gasteiger partial charge in [-0.15, -0.1) is 0 Å². The number of aryl methyl sites for hydroxylation is 2. The predicted octanol–water partition coefficient (Wildman–Crippen LogP) is 4.09. The lowest BCUT2D eigenvalue weighted by Crippen LogP contribution is -2.06. The SMILES string of the molecule is CNc1nc(C)nc(Nc2cc(Br)c(F)cc2C)c1C. The predicted molar refractivity (Wildman–Crippen MR) is 83.2 cm³/mol. The molecule has 2 N–H and O–H groups in total. The molecule has 0 saturated heterocycles. The van der Waals surface area contributed by atoms with E-state index in [1.165, 1.54) is 6.07 Å². The first-order chi connectivity index (χ1) is 9.42. The Morgan fingerprint density at radius 3 is 2.40 bits per heavy atom. The minimum atomic E-state index is -0.278. The number of nitrogens with zero attached hydrogens (tertiary/aromatic N) is 2. The Bertz CT molecular complexity index is 658. The van der Waals surface area contributed by atoms with E-state index in [1.54, 1.807) is 6.07 Å². The van der Waals surface area contributed by atoms with Crippen LogP contribution in [0, 0.1) is 26.6 Å². The molecule has 1 heterocycles. The lowest BCUT2D eigenvalue weighted by atomic mass is 10.2. The molecule has 0 amide bonds. The fourth-order valence-electron chi connectivity index (χ4n) is 1.90. The third kappa shape index (κ3) is 2.90. The number of benzene rings is 1. The molecule has 0 radical (unpaired) electrons. The van der Waals surface area contributed by atoms with E-state index in [0.717, 1.165) is 22.6 Å². The molecule has 106 valence electrons. The van der Waals surface area contributed by atoms with E-state index in [4.69, 9.17) is 0 Å². The highest BCUT2D eigenvalue weighted by atomic mass is 79.9. The van der Waals surface area contributed by atoms with Crippen molar-refractivity contribution in [1.29, 1.82) is 0 Å². The van der Waals surface area contributed by atoms with Crippen molar-refractivity contribution >= 4 is 33.3 Å². The van der Waals surface area contributed by atoms with Gasteiger partial charge in [-0.05, 0) is 54.4 Å². The first-order valence-electron chi connectivity index (χ1n) is 6.18. The van der Waals surface area contributed by atoms with Crippen molar-refractivity contribution < 1.29 is 4.39 Å². The van der Waals surface area contributed by atoms with Gasteiger partial charge in [-0.1, -0.05) is 0 Å². The van der Waals surface area contributed by atoms with E-state index < -0.39 is 0 Å². The maximum atomic E-state index is 13.5. The van der Waals surface area contributed by atoms with E-state index in [2.05, 4.69) is 36.5 Å². The molecule has 0 unspecified atom stereocenters. The van der Waals surface area contributed by atoms with Gasteiger partial charge in [-0.25, -0.2) is 14.4 Å². The number of rotatable bonds is 3. The van der Waals surface area contributed by atoms with Crippen molar-refractivity contribution in [1.82, 2.24) is 9.97 Å². The van der Waals surface area contributed by atoms with E-state index in [0.29, 0.717) is 16.1 Å². The lowest BCUT2D eigenvalue weighted by Gasteiger charge is -2.14. The molecule has 1 aromatic heterocycles. The second-order valence-electron chi connectivity index (χ2n) is 4.55. The number of hydrogen-bond acceptors (Lipinski definition) is 4. The first-order valence-corrected chi connectivity index (χ1v) is 6.97. The minimum absolute atomic E-state index is 0.278. The summed E-state index contributed by atoms with van der Waals surface area (Å²) in [7, 11) is 1.82. The van der Waals surface area contributed by atoms with Crippen LogP contribution in [-0.2, 0) is 0 Å². The quantitative estimate of drug-likeness (QED) is 0.884. The molecule has 0 aliphatic carbocycles. The Morgan fingerprint density at radius 2 is 1.75 bits per heavy atom. The van der Waals surface area contributed by atoms with Gasteiger partial charge in [0.05, 0.1) is 4.47 Å². The molecule has 6 heteroatoms. The summed E-state index contributed by atoms with van der Waals surface area (Å²) >= 11 is 3.19. The topological polar surface area (TPSA) is 49.8 Å². The molecule has 0 aliphatic rings. The van der Waals surface area contributed by atoms with Gasteiger partial charge < -0.3 is 10.6 Å². The van der Waals surface area contributed by atoms with Crippen molar-refractivity contribution in [3.8, 4) is 0 Å². The van der Waals surface area contributed by atoms with Crippen LogP contribution in [0.5, 0.6) is 0 Å². The summed E-state index contributed by atoms with van der Waals surface area (Å²) in [5.74, 6) is 1.88. The molecular formula is C14H16BrFN4. The van der Waals surface area contributed by atoms with Gasteiger partial charge in [0.2, 0.25) is 0 Å². The van der Waals surface area contributed by atoms with Crippen molar-refractivity contribution in [2.45, 2.75) is 20.8 Å². The molecule has 20 heavy (non-hydrogen) atoms. The van der Waals surface area contributed by atoms with E-state index >= 15 is 0 Å². The maximum absolute atomic E-state index is 13.5. The van der Waals surface area contributed by atoms with Gasteiger partial charge in [0.15, 0.2) is 0 Å². The molecule has 1 aromatic carbocycles. The summed E-state index contributed by atoms with van der Waals surface area (Å²) < 4.78 is 13.9. The average molecular weight is 339 g/mol. The van der Waals surface area contributed by atoms with Crippen LogP contribution in [0.25, 0.3) is 0 Å². The highest BCUT2D eigenvalue weighted by molar-refractivity contribution is 9.10. The highest BCUT2D eigenvalue weighted by Gasteiger charge is 2.11. The van der Waals surface area contributed by atoms with Crippen LogP contribution < -0.4 is 10.6 Å². The Balaban J connectivity index is 2.45. The summed E-state index contributed by atoms with van der Waals surface area (Å²) in [6, 6.07) is 3.19. The Morgan fingerprint density at radius 1 is 1.10 bits per heavy atom. The molecule has 2 aromatic rings. The van der Waals surface area contributed by atoms with Gasteiger partial charge in [0, 0.05) is 18.3 Å². The van der Waals surface area contributed by atoms with Crippen molar-refractivity contribution in [3.63, 3.8) is 0 Å². The number of anilines is 3. The number of hydrogen-bond donors (Lipinski definition) is 2. The summed E-state index contributed by atoms with van der Waals surface area (Å²) in [4.78, 5) is 8.71.